The molecule has 0 amide bonds. The average Bonchev–Trinajstić information content (AvgIpc) is 2.25. The summed E-state index contributed by atoms with van der Waals surface area (Å²) in [5.74, 6) is 0.849. The Kier molecular flexibility index (Phi) is 4.49. The minimum Gasteiger partial charge on any atom is -0.396 e. The molecular formula is C11H19N3O. The van der Waals surface area contributed by atoms with E-state index in [9.17, 15) is 0 Å². The smallest absolute Gasteiger partial charge is 0.129 e. The molecule has 4 nitrogen and oxygen atoms in total. The summed E-state index contributed by atoms with van der Waals surface area (Å²) < 4.78 is 0. The summed E-state index contributed by atoms with van der Waals surface area (Å²) in [5.41, 5.74) is 0.174. The Morgan fingerprint density at radius 3 is 2.87 bits per heavy atom. The first-order valence-corrected chi connectivity index (χ1v) is 5.25. The number of hydrogen-bond acceptors (Lipinski definition) is 4. The number of hydrogen-bond donors (Lipinski definition) is 2. The second-order valence-corrected chi connectivity index (χ2v) is 4.44. The zero-order valence-electron chi connectivity index (χ0n) is 9.40. The molecule has 0 radical (unpaired) electrons. The lowest BCUT2D eigenvalue weighted by molar-refractivity contribution is 0.248. The minimum atomic E-state index is 0.174. The summed E-state index contributed by atoms with van der Waals surface area (Å²) in [6, 6.07) is 1.85. The van der Waals surface area contributed by atoms with Gasteiger partial charge in [-0.15, -0.1) is 0 Å². The van der Waals surface area contributed by atoms with Crippen molar-refractivity contribution in [3.05, 3.63) is 18.6 Å². The van der Waals surface area contributed by atoms with Gasteiger partial charge in [0, 0.05) is 19.3 Å². The Bertz CT molecular complexity index is 274. The Balaban J connectivity index is 2.35. The fourth-order valence-electron chi connectivity index (χ4n) is 1.37. The zero-order valence-corrected chi connectivity index (χ0v) is 9.40. The van der Waals surface area contributed by atoms with Crippen LogP contribution in [0.25, 0.3) is 0 Å². The van der Waals surface area contributed by atoms with E-state index in [-0.39, 0.29) is 12.0 Å². The van der Waals surface area contributed by atoms with Crippen molar-refractivity contribution in [3.8, 4) is 0 Å². The van der Waals surface area contributed by atoms with Crippen molar-refractivity contribution in [2.45, 2.75) is 26.7 Å². The molecule has 0 aliphatic rings. The van der Waals surface area contributed by atoms with Gasteiger partial charge >= 0.3 is 0 Å². The van der Waals surface area contributed by atoms with Gasteiger partial charge in [0.15, 0.2) is 0 Å². The maximum absolute atomic E-state index is 8.77. The summed E-state index contributed by atoms with van der Waals surface area (Å²) in [6.45, 7) is 5.47. The number of nitrogens with one attached hydrogen (secondary N) is 1. The lowest BCUT2D eigenvalue weighted by Crippen LogP contribution is -2.23. The van der Waals surface area contributed by atoms with Crippen LogP contribution in [-0.2, 0) is 0 Å². The third-order valence-corrected chi connectivity index (χ3v) is 2.34. The van der Waals surface area contributed by atoms with E-state index in [4.69, 9.17) is 5.11 Å². The van der Waals surface area contributed by atoms with Gasteiger partial charge in [-0.1, -0.05) is 13.8 Å². The molecule has 1 heterocycles. The van der Waals surface area contributed by atoms with Gasteiger partial charge in [0.2, 0.25) is 0 Å². The van der Waals surface area contributed by atoms with E-state index >= 15 is 0 Å². The molecule has 0 aromatic carbocycles. The van der Waals surface area contributed by atoms with Crippen LogP contribution in [-0.4, -0.2) is 28.2 Å². The number of nitrogens with zero attached hydrogens (tertiary/aromatic N) is 2. The summed E-state index contributed by atoms with van der Waals surface area (Å²) in [5, 5.41) is 12.0. The number of anilines is 1. The van der Waals surface area contributed by atoms with E-state index in [2.05, 4.69) is 29.1 Å². The van der Waals surface area contributed by atoms with Gasteiger partial charge in [0.1, 0.15) is 12.1 Å². The van der Waals surface area contributed by atoms with Crippen molar-refractivity contribution in [1.82, 2.24) is 9.97 Å². The summed E-state index contributed by atoms with van der Waals surface area (Å²) >= 11 is 0. The van der Waals surface area contributed by atoms with Crippen LogP contribution in [0, 0.1) is 5.41 Å². The Labute approximate surface area is 90.8 Å². The average molecular weight is 209 g/mol. The molecule has 0 fully saturated rings. The maximum atomic E-state index is 8.77. The number of aromatic nitrogens is 2. The molecule has 1 aromatic heterocycles. The molecule has 1 rings (SSSR count). The van der Waals surface area contributed by atoms with Gasteiger partial charge in [0.25, 0.3) is 0 Å². The summed E-state index contributed by atoms with van der Waals surface area (Å²) in [4.78, 5) is 7.95. The molecule has 0 aliphatic heterocycles. The van der Waals surface area contributed by atoms with E-state index in [1.54, 1.807) is 6.20 Å². The maximum Gasteiger partial charge on any atom is 0.129 e. The predicted octanol–water partition coefficient (Wildman–Crippen LogP) is 1.69. The standard InChI is InChI=1S/C11H19N3O/c1-11(2,5-3-7-15)8-13-10-4-6-12-9-14-10/h4,6,9,15H,3,5,7-8H2,1-2H3,(H,12,13,14). The number of rotatable bonds is 6. The second-order valence-electron chi connectivity index (χ2n) is 4.44. The fraction of sp³-hybridized carbons (Fsp3) is 0.636. The molecule has 4 heteroatoms. The monoisotopic (exact) mass is 209 g/mol. The van der Waals surface area contributed by atoms with Crippen molar-refractivity contribution < 1.29 is 5.11 Å². The van der Waals surface area contributed by atoms with E-state index in [1.807, 2.05) is 6.07 Å². The molecule has 2 N–H and O–H groups in total. The predicted molar refractivity (Wildman–Crippen MR) is 60.6 cm³/mol. The highest BCUT2D eigenvalue weighted by Gasteiger charge is 2.16. The molecule has 0 saturated carbocycles. The largest absolute Gasteiger partial charge is 0.396 e. The van der Waals surface area contributed by atoms with Crippen LogP contribution < -0.4 is 5.32 Å². The van der Waals surface area contributed by atoms with Crippen LogP contribution in [0.1, 0.15) is 26.7 Å². The van der Waals surface area contributed by atoms with Crippen molar-refractivity contribution in [1.29, 1.82) is 0 Å². The van der Waals surface area contributed by atoms with Crippen LogP contribution in [0.5, 0.6) is 0 Å². The van der Waals surface area contributed by atoms with Crippen molar-refractivity contribution >= 4 is 5.82 Å². The summed E-state index contributed by atoms with van der Waals surface area (Å²) in [6.07, 6.45) is 5.10. The quantitative estimate of drug-likeness (QED) is 0.748. The molecule has 0 atom stereocenters. The molecule has 0 spiro atoms. The number of aliphatic hydroxyl groups is 1. The number of aliphatic hydroxyl groups excluding tert-OH is 1. The molecule has 0 unspecified atom stereocenters. The van der Waals surface area contributed by atoms with Gasteiger partial charge in [0.05, 0.1) is 0 Å². The van der Waals surface area contributed by atoms with E-state index in [0.717, 1.165) is 25.2 Å². The molecule has 0 bridgehead atoms. The Morgan fingerprint density at radius 2 is 2.27 bits per heavy atom. The first kappa shape index (κ1) is 11.9. The van der Waals surface area contributed by atoms with Crippen molar-refractivity contribution in [3.63, 3.8) is 0 Å². The highest BCUT2D eigenvalue weighted by molar-refractivity contribution is 5.31. The highest BCUT2D eigenvalue weighted by Crippen LogP contribution is 2.22. The van der Waals surface area contributed by atoms with Gasteiger partial charge in [-0.05, 0) is 24.3 Å². The molecular weight excluding hydrogens is 190 g/mol. The molecule has 15 heavy (non-hydrogen) atoms. The highest BCUT2D eigenvalue weighted by atomic mass is 16.2. The van der Waals surface area contributed by atoms with Gasteiger partial charge in [-0.2, -0.15) is 0 Å². The van der Waals surface area contributed by atoms with Crippen LogP contribution in [0.15, 0.2) is 18.6 Å². The molecule has 0 aliphatic carbocycles. The lowest BCUT2D eigenvalue weighted by Gasteiger charge is -2.24. The lowest BCUT2D eigenvalue weighted by atomic mass is 9.88. The Hall–Kier alpha value is -1.16. The van der Waals surface area contributed by atoms with E-state index < -0.39 is 0 Å². The zero-order chi connectivity index (χ0) is 11.1. The molecule has 84 valence electrons. The first-order valence-electron chi connectivity index (χ1n) is 5.25. The Morgan fingerprint density at radius 1 is 1.47 bits per heavy atom. The fourth-order valence-corrected chi connectivity index (χ4v) is 1.37. The SMILES string of the molecule is CC(C)(CCCO)CNc1ccncn1. The van der Waals surface area contributed by atoms with Crippen molar-refractivity contribution in [2.24, 2.45) is 5.41 Å². The van der Waals surface area contributed by atoms with E-state index in [1.165, 1.54) is 6.33 Å². The van der Waals surface area contributed by atoms with Gasteiger partial charge in [-0.3, -0.25) is 0 Å². The molecule has 0 saturated heterocycles. The van der Waals surface area contributed by atoms with Gasteiger partial charge < -0.3 is 10.4 Å². The van der Waals surface area contributed by atoms with E-state index in [0.29, 0.717) is 0 Å². The van der Waals surface area contributed by atoms with Crippen LogP contribution >= 0.6 is 0 Å². The summed E-state index contributed by atoms with van der Waals surface area (Å²) in [7, 11) is 0. The van der Waals surface area contributed by atoms with Crippen molar-refractivity contribution in [2.75, 3.05) is 18.5 Å². The van der Waals surface area contributed by atoms with Gasteiger partial charge in [-0.25, -0.2) is 9.97 Å². The van der Waals surface area contributed by atoms with Crippen LogP contribution in [0.2, 0.25) is 0 Å². The minimum absolute atomic E-state index is 0.174. The third kappa shape index (κ3) is 4.74. The normalized spacial score (nSPS) is 11.4. The topological polar surface area (TPSA) is 58.0 Å². The third-order valence-electron chi connectivity index (χ3n) is 2.34. The molecule has 1 aromatic rings. The van der Waals surface area contributed by atoms with Crippen LogP contribution in [0.4, 0.5) is 5.82 Å². The second kappa shape index (κ2) is 5.66. The first-order chi connectivity index (χ1) is 7.14. The van der Waals surface area contributed by atoms with Crippen LogP contribution in [0.3, 0.4) is 0 Å².